The number of hydrogen-bond acceptors (Lipinski definition) is 5. The number of nitrogens with zero attached hydrogens (tertiary/aromatic N) is 3. The Hall–Kier alpha value is -1.86. The number of halogens is 2. The Labute approximate surface area is 132 Å². The highest BCUT2D eigenvalue weighted by Gasteiger charge is 2.27. The van der Waals surface area contributed by atoms with Gasteiger partial charge in [0.15, 0.2) is 5.82 Å². The van der Waals surface area contributed by atoms with E-state index < -0.39 is 17.7 Å². The summed E-state index contributed by atoms with van der Waals surface area (Å²) in [4.78, 5) is 6.24. The molecule has 1 aromatic carbocycles. The van der Waals surface area contributed by atoms with Crippen LogP contribution in [0.2, 0.25) is 0 Å². The number of hydrogen-bond donors (Lipinski definition) is 1. The molecule has 0 saturated carbocycles. The van der Waals surface area contributed by atoms with E-state index >= 15 is 0 Å². The molecule has 23 heavy (non-hydrogen) atoms. The number of aromatic nitrogens is 2. The van der Waals surface area contributed by atoms with Gasteiger partial charge in [0.2, 0.25) is 5.89 Å². The molecule has 0 aliphatic carbocycles. The fourth-order valence-corrected chi connectivity index (χ4v) is 3.01. The normalized spacial score (nSPS) is 18.3. The van der Waals surface area contributed by atoms with E-state index in [1.807, 2.05) is 4.90 Å². The van der Waals surface area contributed by atoms with Crippen LogP contribution in [-0.2, 0) is 0 Å². The maximum absolute atomic E-state index is 13.7. The van der Waals surface area contributed by atoms with Crippen molar-refractivity contribution in [2.24, 2.45) is 0 Å². The summed E-state index contributed by atoms with van der Waals surface area (Å²) >= 11 is 0. The molecule has 0 bridgehead atoms. The second kappa shape index (κ2) is 6.72. The second-order valence-electron chi connectivity index (χ2n) is 5.91. The Kier molecular flexibility index (Phi) is 4.68. The number of aliphatic hydroxyl groups is 1. The minimum absolute atomic E-state index is 0.202. The zero-order valence-electron chi connectivity index (χ0n) is 12.9. The number of β-amino-alcohol motifs (C(OH)–C–C–N with tert-alkyl or cyclic N) is 1. The molecule has 0 spiro atoms. The van der Waals surface area contributed by atoms with Crippen molar-refractivity contribution >= 4 is 0 Å². The summed E-state index contributed by atoms with van der Waals surface area (Å²) < 4.78 is 32.6. The minimum atomic E-state index is -1.18. The Morgan fingerprint density at radius 1 is 1.30 bits per heavy atom. The van der Waals surface area contributed by atoms with Crippen LogP contribution in [0, 0.1) is 18.6 Å². The number of aryl methyl sites for hydroxylation is 1. The van der Waals surface area contributed by atoms with E-state index in [1.165, 1.54) is 6.07 Å². The van der Waals surface area contributed by atoms with Crippen molar-refractivity contribution in [1.29, 1.82) is 0 Å². The van der Waals surface area contributed by atoms with Crippen LogP contribution in [0.4, 0.5) is 8.78 Å². The Balaban J connectivity index is 1.58. The highest BCUT2D eigenvalue weighted by molar-refractivity contribution is 5.22. The fourth-order valence-electron chi connectivity index (χ4n) is 3.01. The third kappa shape index (κ3) is 3.56. The van der Waals surface area contributed by atoms with Crippen LogP contribution in [0.25, 0.3) is 0 Å². The van der Waals surface area contributed by atoms with Crippen molar-refractivity contribution < 1.29 is 18.4 Å². The van der Waals surface area contributed by atoms with E-state index in [4.69, 9.17) is 4.52 Å². The molecule has 1 atom stereocenters. The summed E-state index contributed by atoms with van der Waals surface area (Å²) in [5, 5.41) is 14.0. The molecule has 1 unspecified atom stereocenters. The minimum Gasteiger partial charge on any atom is -0.387 e. The summed E-state index contributed by atoms with van der Waals surface area (Å²) in [5.41, 5.74) is -0.262. The van der Waals surface area contributed by atoms with E-state index in [9.17, 15) is 13.9 Å². The third-order valence-corrected chi connectivity index (χ3v) is 4.24. The average molecular weight is 323 g/mol. The summed E-state index contributed by atoms with van der Waals surface area (Å²) in [5.74, 6) is 0.0351. The molecule has 0 amide bonds. The van der Waals surface area contributed by atoms with Gasteiger partial charge in [-0.2, -0.15) is 4.98 Å². The molecule has 1 aliphatic rings. The first-order chi connectivity index (χ1) is 11.0. The smallest absolute Gasteiger partial charge is 0.229 e. The largest absolute Gasteiger partial charge is 0.387 e. The van der Waals surface area contributed by atoms with Crippen molar-refractivity contribution in [1.82, 2.24) is 15.0 Å². The number of benzene rings is 1. The standard InChI is InChI=1S/C16H19F2N3O2/c1-10-19-16(23-20-10)11-5-7-21(8-6-11)9-14(22)15-12(17)3-2-4-13(15)18/h2-4,11,14,22H,5-9H2,1H3. The Morgan fingerprint density at radius 3 is 2.52 bits per heavy atom. The predicted octanol–water partition coefficient (Wildman–Crippen LogP) is 2.57. The molecule has 2 aromatic rings. The zero-order valence-corrected chi connectivity index (χ0v) is 12.9. The first-order valence-electron chi connectivity index (χ1n) is 7.69. The molecule has 2 heterocycles. The summed E-state index contributed by atoms with van der Waals surface area (Å²) in [6.45, 7) is 3.40. The van der Waals surface area contributed by atoms with Gasteiger partial charge in [-0.25, -0.2) is 8.78 Å². The first-order valence-corrected chi connectivity index (χ1v) is 7.69. The topological polar surface area (TPSA) is 62.4 Å². The monoisotopic (exact) mass is 323 g/mol. The van der Waals surface area contributed by atoms with Crippen LogP contribution in [0.1, 0.15) is 42.1 Å². The van der Waals surface area contributed by atoms with Crippen LogP contribution < -0.4 is 0 Å². The molecule has 1 saturated heterocycles. The van der Waals surface area contributed by atoms with Gasteiger partial charge in [0.25, 0.3) is 0 Å². The van der Waals surface area contributed by atoms with Gasteiger partial charge in [-0.3, -0.25) is 0 Å². The summed E-state index contributed by atoms with van der Waals surface area (Å²) in [7, 11) is 0. The molecule has 5 nitrogen and oxygen atoms in total. The second-order valence-corrected chi connectivity index (χ2v) is 5.91. The van der Waals surface area contributed by atoms with Gasteiger partial charge >= 0.3 is 0 Å². The van der Waals surface area contributed by atoms with E-state index in [2.05, 4.69) is 10.1 Å². The maximum atomic E-state index is 13.7. The van der Waals surface area contributed by atoms with Crippen LogP contribution in [0.5, 0.6) is 0 Å². The number of piperidine rings is 1. The lowest BCUT2D eigenvalue weighted by atomic mass is 9.96. The SMILES string of the molecule is Cc1noc(C2CCN(CC(O)c3c(F)cccc3F)CC2)n1. The van der Waals surface area contributed by atoms with Gasteiger partial charge in [0.05, 0.1) is 11.7 Å². The summed E-state index contributed by atoms with van der Waals surface area (Å²) in [6, 6.07) is 3.61. The van der Waals surface area contributed by atoms with Gasteiger partial charge in [-0.1, -0.05) is 11.2 Å². The number of likely N-dealkylation sites (tertiary alicyclic amines) is 1. The van der Waals surface area contributed by atoms with Crippen molar-refractivity contribution in [2.75, 3.05) is 19.6 Å². The van der Waals surface area contributed by atoms with Gasteiger partial charge in [-0.05, 0) is 45.0 Å². The molecule has 3 rings (SSSR count). The lowest BCUT2D eigenvalue weighted by Gasteiger charge is -2.31. The molecular formula is C16H19F2N3O2. The Morgan fingerprint density at radius 2 is 1.96 bits per heavy atom. The molecule has 1 fully saturated rings. The van der Waals surface area contributed by atoms with Gasteiger partial charge < -0.3 is 14.5 Å². The first kappa shape index (κ1) is 16.0. The molecule has 7 heteroatoms. The van der Waals surface area contributed by atoms with Crippen LogP contribution in [0.3, 0.4) is 0 Å². The molecule has 0 radical (unpaired) electrons. The van der Waals surface area contributed by atoms with E-state index in [-0.39, 0.29) is 18.0 Å². The lowest BCUT2D eigenvalue weighted by molar-refractivity contribution is 0.0892. The van der Waals surface area contributed by atoms with Gasteiger partial charge in [0, 0.05) is 12.5 Å². The summed E-state index contributed by atoms with van der Waals surface area (Å²) in [6.07, 6.45) is 0.445. The zero-order chi connectivity index (χ0) is 16.4. The van der Waals surface area contributed by atoms with Crippen molar-refractivity contribution in [3.05, 3.63) is 47.1 Å². The van der Waals surface area contributed by atoms with E-state index in [0.29, 0.717) is 24.8 Å². The highest BCUT2D eigenvalue weighted by atomic mass is 19.1. The maximum Gasteiger partial charge on any atom is 0.229 e. The average Bonchev–Trinajstić information content (AvgIpc) is 2.94. The Bertz CT molecular complexity index is 649. The fraction of sp³-hybridized carbons (Fsp3) is 0.500. The molecule has 1 aliphatic heterocycles. The van der Waals surface area contributed by atoms with Crippen molar-refractivity contribution in [3.63, 3.8) is 0 Å². The number of aliphatic hydroxyl groups excluding tert-OH is 1. The van der Waals surface area contributed by atoms with E-state index in [0.717, 1.165) is 25.0 Å². The van der Waals surface area contributed by atoms with Gasteiger partial charge in [0.1, 0.15) is 11.6 Å². The molecule has 1 N–H and O–H groups in total. The van der Waals surface area contributed by atoms with E-state index in [1.54, 1.807) is 6.92 Å². The van der Waals surface area contributed by atoms with Crippen LogP contribution in [-0.4, -0.2) is 39.8 Å². The lowest BCUT2D eigenvalue weighted by Crippen LogP contribution is -2.36. The third-order valence-electron chi connectivity index (χ3n) is 4.24. The predicted molar refractivity (Wildman–Crippen MR) is 78.8 cm³/mol. The van der Waals surface area contributed by atoms with Crippen LogP contribution >= 0.6 is 0 Å². The highest BCUT2D eigenvalue weighted by Crippen LogP contribution is 2.28. The molecular weight excluding hydrogens is 304 g/mol. The molecule has 124 valence electrons. The van der Waals surface area contributed by atoms with Crippen LogP contribution in [0.15, 0.2) is 22.7 Å². The van der Waals surface area contributed by atoms with Gasteiger partial charge in [-0.15, -0.1) is 0 Å². The molecule has 1 aromatic heterocycles. The number of rotatable bonds is 4. The van der Waals surface area contributed by atoms with Crippen molar-refractivity contribution in [3.8, 4) is 0 Å². The quantitative estimate of drug-likeness (QED) is 0.937. The van der Waals surface area contributed by atoms with Crippen molar-refractivity contribution in [2.45, 2.75) is 31.8 Å².